The molecule has 0 aliphatic heterocycles. The summed E-state index contributed by atoms with van der Waals surface area (Å²) in [5.74, 6) is 0. The largest absolute Gasteiger partial charge is 0.325 e. The first-order valence-electron chi connectivity index (χ1n) is 8.09. The molecule has 3 rings (SSSR count). The van der Waals surface area contributed by atoms with E-state index in [0.29, 0.717) is 16.1 Å². The average Bonchev–Trinajstić information content (AvgIpc) is 2.49. The van der Waals surface area contributed by atoms with Crippen LogP contribution in [-0.2, 0) is 5.41 Å². The standard InChI is InChI=1S/C20H24Cl2N/c1-20(14-9-10-17(21)18(22)13-14)12-11-19(23(2,3)4)15-7-5-6-8-16(15)20/h5-10,13,19H,11-12H2,1-4H3/q+1. The smallest absolute Gasteiger partial charge is 0.114 e. The molecule has 0 heterocycles. The normalized spacial score (nSPS) is 24.3. The number of nitrogens with zero attached hydrogens (tertiary/aromatic N) is 1. The molecule has 23 heavy (non-hydrogen) atoms. The molecular formula is C20H24Cl2N+. The number of halogens is 2. The van der Waals surface area contributed by atoms with Gasteiger partial charge in [-0.05, 0) is 29.7 Å². The lowest BCUT2D eigenvalue weighted by molar-refractivity contribution is -0.903. The Kier molecular flexibility index (Phi) is 4.25. The van der Waals surface area contributed by atoms with E-state index in [4.69, 9.17) is 23.2 Å². The van der Waals surface area contributed by atoms with E-state index in [9.17, 15) is 0 Å². The van der Waals surface area contributed by atoms with Gasteiger partial charge in [0.25, 0.3) is 0 Å². The van der Waals surface area contributed by atoms with Gasteiger partial charge < -0.3 is 4.48 Å². The number of rotatable bonds is 2. The van der Waals surface area contributed by atoms with E-state index in [2.05, 4.69) is 58.4 Å². The van der Waals surface area contributed by atoms with Crippen molar-refractivity contribution in [1.82, 2.24) is 0 Å². The number of hydrogen-bond donors (Lipinski definition) is 0. The van der Waals surface area contributed by atoms with Crippen LogP contribution in [0.5, 0.6) is 0 Å². The Morgan fingerprint density at radius 2 is 1.70 bits per heavy atom. The minimum Gasteiger partial charge on any atom is -0.325 e. The fraction of sp³-hybridized carbons (Fsp3) is 0.400. The van der Waals surface area contributed by atoms with Gasteiger partial charge in [0, 0.05) is 17.4 Å². The van der Waals surface area contributed by atoms with Crippen LogP contribution in [0.4, 0.5) is 0 Å². The first-order valence-corrected chi connectivity index (χ1v) is 8.85. The maximum atomic E-state index is 6.29. The highest BCUT2D eigenvalue weighted by atomic mass is 35.5. The van der Waals surface area contributed by atoms with Crippen molar-refractivity contribution in [2.45, 2.75) is 31.2 Å². The average molecular weight is 349 g/mol. The summed E-state index contributed by atoms with van der Waals surface area (Å²) in [4.78, 5) is 0. The van der Waals surface area contributed by atoms with E-state index in [1.54, 1.807) is 0 Å². The van der Waals surface area contributed by atoms with Crippen molar-refractivity contribution < 1.29 is 4.48 Å². The fourth-order valence-electron chi connectivity index (χ4n) is 3.95. The molecule has 0 saturated heterocycles. The molecule has 0 fully saturated rings. The molecule has 2 aromatic carbocycles. The van der Waals surface area contributed by atoms with Crippen LogP contribution in [0.3, 0.4) is 0 Å². The van der Waals surface area contributed by atoms with Gasteiger partial charge >= 0.3 is 0 Å². The Labute approximate surface area is 149 Å². The molecule has 122 valence electrons. The van der Waals surface area contributed by atoms with Crippen LogP contribution in [0.25, 0.3) is 0 Å². The van der Waals surface area contributed by atoms with E-state index >= 15 is 0 Å². The number of fused-ring (bicyclic) bond motifs is 1. The summed E-state index contributed by atoms with van der Waals surface area (Å²) in [5.41, 5.74) is 4.11. The molecule has 2 unspecified atom stereocenters. The summed E-state index contributed by atoms with van der Waals surface area (Å²) in [6, 6.07) is 15.5. The van der Waals surface area contributed by atoms with E-state index in [-0.39, 0.29) is 5.41 Å². The SMILES string of the molecule is CC1(c2ccc(Cl)c(Cl)c2)CCC([N+](C)(C)C)c2ccccc21. The van der Waals surface area contributed by atoms with Crippen LogP contribution < -0.4 is 0 Å². The minimum absolute atomic E-state index is 0.0174. The Morgan fingerprint density at radius 3 is 2.35 bits per heavy atom. The van der Waals surface area contributed by atoms with Gasteiger partial charge in [0.15, 0.2) is 0 Å². The molecule has 0 aromatic heterocycles. The van der Waals surface area contributed by atoms with E-state index in [0.717, 1.165) is 17.3 Å². The fourth-order valence-corrected chi connectivity index (χ4v) is 4.25. The van der Waals surface area contributed by atoms with Crippen LogP contribution in [0.15, 0.2) is 42.5 Å². The molecule has 3 heteroatoms. The molecule has 1 nitrogen and oxygen atoms in total. The van der Waals surface area contributed by atoms with E-state index in [1.165, 1.54) is 16.7 Å². The Balaban J connectivity index is 2.15. The third-order valence-electron chi connectivity index (χ3n) is 5.32. The molecule has 2 aromatic rings. The molecule has 2 atom stereocenters. The van der Waals surface area contributed by atoms with Gasteiger partial charge in [0.1, 0.15) is 6.04 Å². The van der Waals surface area contributed by atoms with Crippen LogP contribution >= 0.6 is 23.2 Å². The van der Waals surface area contributed by atoms with Gasteiger partial charge in [0.05, 0.1) is 31.2 Å². The maximum absolute atomic E-state index is 6.29. The zero-order chi connectivity index (χ0) is 16.8. The van der Waals surface area contributed by atoms with Gasteiger partial charge in [-0.15, -0.1) is 0 Å². The number of quaternary nitrogens is 1. The van der Waals surface area contributed by atoms with Crippen molar-refractivity contribution in [1.29, 1.82) is 0 Å². The van der Waals surface area contributed by atoms with Crippen molar-refractivity contribution in [3.05, 3.63) is 69.2 Å². The third kappa shape index (κ3) is 2.91. The Hall–Kier alpha value is -1.02. The first-order chi connectivity index (χ1) is 10.7. The third-order valence-corrected chi connectivity index (χ3v) is 6.06. The lowest BCUT2D eigenvalue weighted by Gasteiger charge is -2.44. The first kappa shape index (κ1) is 16.8. The summed E-state index contributed by atoms with van der Waals surface area (Å²) >= 11 is 12.4. The Morgan fingerprint density at radius 1 is 1.00 bits per heavy atom. The summed E-state index contributed by atoms with van der Waals surface area (Å²) < 4.78 is 0.953. The van der Waals surface area contributed by atoms with Gasteiger partial charge in [-0.2, -0.15) is 0 Å². The summed E-state index contributed by atoms with van der Waals surface area (Å²) in [6.07, 6.45) is 2.28. The highest BCUT2D eigenvalue weighted by Crippen LogP contribution is 2.49. The second-order valence-electron chi connectivity index (χ2n) is 7.72. The summed E-state index contributed by atoms with van der Waals surface area (Å²) in [7, 11) is 6.84. The van der Waals surface area contributed by atoms with Gasteiger partial charge in [-0.1, -0.05) is 60.5 Å². The maximum Gasteiger partial charge on any atom is 0.114 e. The van der Waals surface area contributed by atoms with Gasteiger partial charge in [-0.3, -0.25) is 0 Å². The van der Waals surface area contributed by atoms with Crippen LogP contribution in [-0.4, -0.2) is 25.6 Å². The second kappa shape index (κ2) is 5.81. The molecule has 1 aliphatic rings. The molecule has 0 spiro atoms. The number of hydrogen-bond acceptors (Lipinski definition) is 0. The predicted molar refractivity (Wildman–Crippen MR) is 99.4 cm³/mol. The number of benzene rings is 2. The molecule has 0 bridgehead atoms. The van der Waals surface area contributed by atoms with Crippen LogP contribution in [0, 0.1) is 0 Å². The topological polar surface area (TPSA) is 0 Å². The lowest BCUT2D eigenvalue weighted by Crippen LogP contribution is -2.43. The predicted octanol–water partition coefficient (Wildman–Crippen LogP) is 5.84. The van der Waals surface area contributed by atoms with E-state index in [1.807, 2.05) is 12.1 Å². The van der Waals surface area contributed by atoms with Crippen molar-refractivity contribution in [2.24, 2.45) is 0 Å². The van der Waals surface area contributed by atoms with Crippen LogP contribution in [0.1, 0.15) is 42.5 Å². The molecule has 0 radical (unpaired) electrons. The van der Waals surface area contributed by atoms with Gasteiger partial charge in [0.2, 0.25) is 0 Å². The zero-order valence-corrected chi connectivity index (χ0v) is 15.7. The lowest BCUT2D eigenvalue weighted by atomic mass is 9.65. The van der Waals surface area contributed by atoms with Gasteiger partial charge in [-0.25, -0.2) is 0 Å². The molecule has 1 aliphatic carbocycles. The van der Waals surface area contributed by atoms with Crippen molar-refractivity contribution in [2.75, 3.05) is 21.1 Å². The van der Waals surface area contributed by atoms with Crippen molar-refractivity contribution in [3.63, 3.8) is 0 Å². The highest BCUT2D eigenvalue weighted by Gasteiger charge is 2.41. The minimum atomic E-state index is -0.0174. The summed E-state index contributed by atoms with van der Waals surface area (Å²) in [5, 5.41) is 1.25. The molecular weight excluding hydrogens is 325 g/mol. The van der Waals surface area contributed by atoms with Crippen molar-refractivity contribution in [3.8, 4) is 0 Å². The summed E-state index contributed by atoms with van der Waals surface area (Å²) in [6.45, 7) is 2.33. The Bertz CT molecular complexity index is 733. The molecule has 0 amide bonds. The quantitative estimate of drug-likeness (QED) is 0.598. The molecule has 0 saturated carbocycles. The van der Waals surface area contributed by atoms with Crippen molar-refractivity contribution >= 4 is 23.2 Å². The monoisotopic (exact) mass is 348 g/mol. The zero-order valence-electron chi connectivity index (χ0n) is 14.2. The second-order valence-corrected chi connectivity index (χ2v) is 8.53. The van der Waals surface area contributed by atoms with E-state index < -0.39 is 0 Å². The van der Waals surface area contributed by atoms with Crippen LogP contribution in [0.2, 0.25) is 10.0 Å². The molecule has 0 N–H and O–H groups in total. The highest BCUT2D eigenvalue weighted by molar-refractivity contribution is 6.42.